The van der Waals surface area contributed by atoms with Crippen LogP contribution in [0.25, 0.3) is 10.8 Å². The zero-order valence-corrected chi connectivity index (χ0v) is 14.0. The Labute approximate surface area is 142 Å². The fraction of sp³-hybridized carbons (Fsp3) is 0.200. The average molecular weight is 337 g/mol. The third kappa shape index (κ3) is 3.07. The number of rotatable bonds is 5. The summed E-state index contributed by atoms with van der Waals surface area (Å²) in [6, 6.07) is 22.8. The van der Waals surface area contributed by atoms with E-state index in [1.54, 1.807) is 12.1 Å². The molecule has 3 nitrogen and oxygen atoms in total. The first kappa shape index (κ1) is 15.4. The van der Waals surface area contributed by atoms with Crippen molar-refractivity contribution in [3.05, 3.63) is 78.4 Å². The Bertz CT molecular complexity index is 963. The van der Waals surface area contributed by atoms with Crippen LogP contribution in [0.5, 0.6) is 0 Å². The van der Waals surface area contributed by atoms with Gasteiger partial charge in [0.1, 0.15) is 0 Å². The van der Waals surface area contributed by atoms with E-state index in [1.165, 1.54) is 0 Å². The highest BCUT2D eigenvalue weighted by molar-refractivity contribution is 7.89. The predicted octanol–water partition coefficient (Wildman–Crippen LogP) is 4.27. The Morgan fingerprint density at radius 2 is 1.50 bits per heavy atom. The van der Waals surface area contributed by atoms with Gasteiger partial charge in [-0.3, -0.25) is 0 Å². The van der Waals surface area contributed by atoms with Gasteiger partial charge < -0.3 is 0 Å². The van der Waals surface area contributed by atoms with Gasteiger partial charge in [0.05, 0.1) is 4.90 Å². The molecule has 0 aromatic heterocycles. The zero-order valence-electron chi connectivity index (χ0n) is 13.2. The Morgan fingerprint density at radius 3 is 2.21 bits per heavy atom. The molecule has 3 aromatic rings. The lowest BCUT2D eigenvalue weighted by atomic mass is 10.0. The fourth-order valence-corrected chi connectivity index (χ4v) is 4.42. The molecule has 1 fully saturated rings. The van der Waals surface area contributed by atoms with Crippen LogP contribution in [0.1, 0.15) is 24.4 Å². The summed E-state index contributed by atoms with van der Waals surface area (Å²) in [5.41, 5.74) is 1.03. The first-order valence-electron chi connectivity index (χ1n) is 8.19. The molecule has 3 aromatic carbocycles. The molecule has 0 heterocycles. The molecule has 0 radical (unpaired) electrons. The molecule has 4 heteroatoms. The van der Waals surface area contributed by atoms with Crippen LogP contribution in [0.2, 0.25) is 0 Å². The normalized spacial score (nSPS) is 16.2. The van der Waals surface area contributed by atoms with Crippen molar-refractivity contribution in [2.45, 2.75) is 23.8 Å². The maximum absolute atomic E-state index is 12.9. The van der Waals surface area contributed by atoms with Crippen LogP contribution in [-0.4, -0.2) is 8.42 Å². The number of nitrogens with one attached hydrogen (secondary N) is 1. The first-order chi connectivity index (χ1) is 11.6. The van der Waals surface area contributed by atoms with Crippen molar-refractivity contribution in [2.75, 3.05) is 0 Å². The van der Waals surface area contributed by atoms with E-state index in [1.807, 2.05) is 60.7 Å². The first-order valence-corrected chi connectivity index (χ1v) is 9.68. The number of hydrogen-bond acceptors (Lipinski definition) is 2. The standard InChI is InChI=1S/C20H19NO2S/c22-24(23,19-13-12-15-6-4-5-9-18(15)14-19)21-20(17-10-11-17)16-7-2-1-3-8-16/h1-9,12-14,17,20-21H,10-11H2/t20-/m1/s1. The van der Waals surface area contributed by atoms with Crippen molar-refractivity contribution < 1.29 is 8.42 Å². The topological polar surface area (TPSA) is 46.2 Å². The minimum absolute atomic E-state index is 0.150. The van der Waals surface area contributed by atoms with Crippen molar-refractivity contribution >= 4 is 20.8 Å². The van der Waals surface area contributed by atoms with Crippen molar-refractivity contribution in [2.24, 2.45) is 5.92 Å². The molecule has 1 aliphatic rings. The van der Waals surface area contributed by atoms with Crippen LogP contribution < -0.4 is 4.72 Å². The van der Waals surface area contributed by atoms with Gasteiger partial charge in [-0.2, -0.15) is 0 Å². The highest BCUT2D eigenvalue weighted by atomic mass is 32.2. The van der Waals surface area contributed by atoms with Gasteiger partial charge in [0.25, 0.3) is 0 Å². The fourth-order valence-electron chi connectivity index (χ4n) is 3.10. The second kappa shape index (κ2) is 6.04. The largest absolute Gasteiger partial charge is 0.241 e. The molecule has 4 rings (SSSR count). The zero-order chi connectivity index (χ0) is 16.6. The summed E-state index contributed by atoms with van der Waals surface area (Å²) in [6.07, 6.45) is 2.14. The van der Waals surface area contributed by atoms with Crippen LogP contribution in [0, 0.1) is 5.92 Å². The van der Waals surface area contributed by atoms with Gasteiger partial charge in [-0.25, -0.2) is 13.1 Å². The summed E-state index contributed by atoms with van der Waals surface area (Å²) in [4.78, 5) is 0.322. The van der Waals surface area contributed by atoms with Gasteiger partial charge in [0.2, 0.25) is 10.0 Å². The van der Waals surface area contributed by atoms with Crippen LogP contribution in [-0.2, 0) is 10.0 Å². The molecule has 1 aliphatic carbocycles. The Hall–Kier alpha value is -2.17. The number of sulfonamides is 1. The Kier molecular flexibility index (Phi) is 3.87. The highest BCUT2D eigenvalue weighted by Gasteiger charge is 2.35. The van der Waals surface area contributed by atoms with E-state index in [9.17, 15) is 8.42 Å². The van der Waals surface area contributed by atoms with E-state index >= 15 is 0 Å². The van der Waals surface area contributed by atoms with E-state index in [0.29, 0.717) is 10.8 Å². The molecule has 0 aliphatic heterocycles. The molecular formula is C20H19NO2S. The second-order valence-electron chi connectivity index (χ2n) is 6.36. The molecular weight excluding hydrogens is 318 g/mol. The molecule has 0 saturated heterocycles. The lowest BCUT2D eigenvalue weighted by Gasteiger charge is -2.19. The quantitative estimate of drug-likeness (QED) is 0.756. The van der Waals surface area contributed by atoms with Gasteiger partial charge in [0, 0.05) is 6.04 Å². The van der Waals surface area contributed by atoms with E-state index in [0.717, 1.165) is 29.2 Å². The summed E-state index contributed by atoms with van der Waals surface area (Å²) in [6.45, 7) is 0. The molecule has 1 atom stereocenters. The molecule has 0 spiro atoms. The molecule has 24 heavy (non-hydrogen) atoms. The second-order valence-corrected chi connectivity index (χ2v) is 8.07. The Balaban J connectivity index is 1.68. The highest BCUT2D eigenvalue weighted by Crippen LogP contribution is 2.41. The summed E-state index contributed by atoms with van der Waals surface area (Å²) in [5, 5.41) is 1.97. The number of hydrogen-bond donors (Lipinski definition) is 1. The van der Waals surface area contributed by atoms with Gasteiger partial charge in [-0.05, 0) is 47.2 Å². The molecule has 1 saturated carbocycles. The molecule has 0 amide bonds. The smallest absolute Gasteiger partial charge is 0.207 e. The van der Waals surface area contributed by atoms with Gasteiger partial charge in [0.15, 0.2) is 0 Å². The third-order valence-corrected chi connectivity index (χ3v) is 6.00. The van der Waals surface area contributed by atoms with Crippen LogP contribution >= 0.6 is 0 Å². The lowest BCUT2D eigenvalue weighted by molar-refractivity contribution is 0.529. The summed E-state index contributed by atoms with van der Waals surface area (Å²) in [7, 11) is -3.55. The summed E-state index contributed by atoms with van der Waals surface area (Å²) in [5.74, 6) is 0.391. The van der Waals surface area contributed by atoms with E-state index < -0.39 is 10.0 Å². The predicted molar refractivity (Wildman–Crippen MR) is 96.2 cm³/mol. The Morgan fingerprint density at radius 1 is 0.833 bits per heavy atom. The number of benzene rings is 3. The van der Waals surface area contributed by atoms with Gasteiger partial charge >= 0.3 is 0 Å². The summed E-state index contributed by atoms with van der Waals surface area (Å²) >= 11 is 0. The maximum atomic E-state index is 12.9. The van der Waals surface area contributed by atoms with Crippen molar-refractivity contribution in [1.29, 1.82) is 0 Å². The molecule has 1 N–H and O–H groups in total. The van der Waals surface area contributed by atoms with E-state index in [2.05, 4.69) is 4.72 Å². The van der Waals surface area contributed by atoms with Gasteiger partial charge in [-0.15, -0.1) is 0 Å². The molecule has 122 valence electrons. The lowest BCUT2D eigenvalue weighted by Crippen LogP contribution is -2.30. The summed E-state index contributed by atoms with van der Waals surface area (Å²) < 4.78 is 28.7. The SMILES string of the molecule is O=S(=O)(N[C@H](c1ccccc1)C1CC1)c1ccc2ccccc2c1. The van der Waals surface area contributed by atoms with E-state index in [-0.39, 0.29) is 6.04 Å². The average Bonchev–Trinajstić information content (AvgIpc) is 3.45. The van der Waals surface area contributed by atoms with Crippen molar-refractivity contribution in [1.82, 2.24) is 4.72 Å². The van der Waals surface area contributed by atoms with Crippen LogP contribution in [0.15, 0.2) is 77.7 Å². The molecule has 0 bridgehead atoms. The minimum Gasteiger partial charge on any atom is -0.207 e. The van der Waals surface area contributed by atoms with Crippen LogP contribution in [0.3, 0.4) is 0 Å². The molecule has 0 unspecified atom stereocenters. The number of fused-ring (bicyclic) bond motifs is 1. The maximum Gasteiger partial charge on any atom is 0.241 e. The van der Waals surface area contributed by atoms with Crippen LogP contribution in [0.4, 0.5) is 0 Å². The van der Waals surface area contributed by atoms with E-state index in [4.69, 9.17) is 0 Å². The monoisotopic (exact) mass is 337 g/mol. The van der Waals surface area contributed by atoms with Crippen molar-refractivity contribution in [3.8, 4) is 0 Å². The minimum atomic E-state index is -3.55. The van der Waals surface area contributed by atoms with Crippen molar-refractivity contribution in [3.63, 3.8) is 0 Å². The van der Waals surface area contributed by atoms with Gasteiger partial charge in [-0.1, -0.05) is 60.7 Å². The third-order valence-electron chi connectivity index (χ3n) is 4.57.